The summed E-state index contributed by atoms with van der Waals surface area (Å²) in [7, 11) is 0. The van der Waals surface area contributed by atoms with Crippen LogP contribution in [0.3, 0.4) is 0 Å². The number of carbonyl (C=O) groups is 2. The molecule has 18 heavy (non-hydrogen) atoms. The van der Waals surface area contributed by atoms with Crippen molar-refractivity contribution in [2.45, 2.75) is 5.03 Å². The van der Waals surface area contributed by atoms with Crippen LogP contribution in [0.2, 0.25) is 0 Å². The predicted octanol–water partition coefficient (Wildman–Crippen LogP) is -1.82. The molecule has 1 aromatic heterocycles. The zero-order chi connectivity index (χ0) is 14.0. The third-order valence-electron chi connectivity index (χ3n) is 1.95. The molecule has 0 atom stereocenters. The third-order valence-corrected chi connectivity index (χ3v) is 2.19. The summed E-state index contributed by atoms with van der Waals surface area (Å²) in [6.45, 7) is 0. The number of aromatic amines is 1. The number of nitrogens with one attached hydrogen (secondary N) is 1. The summed E-state index contributed by atoms with van der Waals surface area (Å²) in [5.41, 5.74) is 8.45. The molecular formula is C7H11N7O3S. The first-order chi connectivity index (χ1) is 8.25. The highest BCUT2D eigenvalue weighted by molar-refractivity contribution is 7.80. The number of H-pyrrole nitrogens is 1. The fraction of sp³-hybridized carbons (Fsp3) is 0. The van der Waals surface area contributed by atoms with Crippen molar-refractivity contribution in [3.05, 3.63) is 16.4 Å². The fourth-order valence-electron chi connectivity index (χ4n) is 1.17. The molecule has 0 radical (unpaired) electrons. The molecule has 0 aromatic carbocycles. The van der Waals surface area contributed by atoms with Gasteiger partial charge in [-0.1, -0.05) is 0 Å². The van der Waals surface area contributed by atoms with Crippen LogP contribution in [0.4, 0.5) is 21.0 Å². The van der Waals surface area contributed by atoms with Gasteiger partial charge in [-0.15, -0.1) is 12.6 Å². The summed E-state index contributed by atoms with van der Waals surface area (Å²) in [6.07, 6.45) is 0. The monoisotopic (exact) mass is 273 g/mol. The number of carbonyl (C=O) groups excluding carboxylic acids is 2. The van der Waals surface area contributed by atoms with Crippen LogP contribution in [-0.2, 0) is 0 Å². The maximum absolute atomic E-state index is 11.7. The first-order valence-electron chi connectivity index (χ1n) is 4.40. The van der Waals surface area contributed by atoms with Gasteiger partial charge in [-0.3, -0.25) is 4.79 Å². The van der Waals surface area contributed by atoms with Crippen LogP contribution in [0.1, 0.15) is 0 Å². The van der Waals surface area contributed by atoms with E-state index in [0.717, 1.165) is 0 Å². The van der Waals surface area contributed by atoms with Crippen LogP contribution in [0.15, 0.2) is 15.9 Å². The Bertz CT molecular complexity index is 556. The zero-order valence-corrected chi connectivity index (χ0v) is 9.85. The molecule has 11 heteroatoms. The van der Waals surface area contributed by atoms with Gasteiger partial charge in [0.1, 0.15) is 0 Å². The lowest BCUT2D eigenvalue weighted by atomic mass is 10.3. The summed E-state index contributed by atoms with van der Waals surface area (Å²) in [5, 5.41) is 0.866. The number of aromatic nitrogens is 1. The van der Waals surface area contributed by atoms with Crippen LogP contribution < -0.4 is 38.7 Å². The minimum absolute atomic E-state index is 0.0910. The normalized spacial score (nSPS) is 9.94. The number of hydrazine groups is 2. The van der Waals surface area contributed by atoms with Crippen molar-refractivity contribution < 1.29 is 9.59 Å². The maximum atomic E-state index is 11.7. The summed E-state index contributed by atoms with van der Waals surface area (Å²) < 4.78 is 0. The number of hydrogen-bond acceptors (Lipinski definition) is 6. The van der Waals surface area contributed by atoms with Gasteiger partial charge in [0.25, 0.3) is 5.56 Å². The Hall–Kier alpha value is -2.24. The number of anilines is 2. The van der Waals surface area contributed by atoms with Crippen LogP contribution in [0, 0.1) is 0 Å². The van der Waals surface area contributed by atoms with E-state index < -0.39 is 23.3 Å². The van der Waals surface area contributed by atoms with Crippen molar-refractivity contribution in [3.8, 4) is 0 Å². The van der Waals surface area contributed by atoms with E-state index in [1.54, 1.807) is 0 Å². The number of rotatable bonds is 2. The quantitative estimate of drug-likeness (QED) is 0.160. The first-order valence-corrected chi connectivity index (χ1v) is 4.85. The molecule has 0 aliphatic carbocycles. The molecule has 0 spiro atoms. The van der Waals surface area contributed by atoms with Crippen molar-refractivity contribution >= 4 is 36.1 Å². The lowest BCUT2D eigenvalue weighted by Crippen LogP contribution is -2.48. The van der Waals surface area contributed by atoms with E-state index in [-0.39, 0.29) is 10.7 Å². The highest BCUT2D eigenvalue weighted by atomic mass is 32.1. The Labute approximate surface area is 106 Å². The van der Waals surface area contributed by atoms with E-state index in [9.17, 15) is 14.4 Å². The Morgan fingerprint density at radius 3 is 2.11 bits per heavy atom. The second-order valence-electron chi connectivity index (χ2n) is 3.13. The van der Waals surface area contributed by atoms with E-state index >= 15 is 0 Å². The van der Waals surface area contributed by atoms with Crippen LogP contribution >= 0.6 is 12.6 Å². The third kappa shape index (κ3) is 2.53. The molecule has 1 heterocycles. The molecule has 1 rings (SSSR count). The average Bonchev–Trinajstić information content (AvgIpc) is 2.25. The molecule has 9 N–H and O–H groups in total. The van der Waals surface area contributed by atoms with Crippen molar-refractivity contribution in [3.63, 3.8) is 0 Å². The zero-order valence-electron chi connectivity index (χ0n) is 8.95. The van der Waals surface area contributed by atoms with Crippen LogP contribution in [-0.4, -0.2) is 17.0 Å². The van der Waals surface area contributed by atoms with Crippen molar-refractivity contribution in [1.29, 1.82) is 0 Å². The molecule has 4 amide bonds. The Balaban J connectivity index is 3.53. The highest BCUT2D eigenvalue weighted by Gasteiger charge is 2.22. The van der Waals surface area contributed by atoms with Crippen LogP contribution in [0.5, 0.6) is 0 Å². The van der Waals surface area contributed by atoms with E-state index in [0.29, 0.717) is 10.0 Å². The Kier molecular flexibility index (Phi) is 3.80. The minimum atomic E-state index is -1.12. The van der Waals surface area contributed by atoms with E-state index in [4.69, 9.17) is 23.2 Å². The number of amides is 4. The highest BCUT2D eigenvalue weighted by Crippen LogP contribution is 2.23. The van der Waals surface area contributed by atoms with Gasteiger partial charge in [0.2, 0.25) is 0 Å². The van der Waals surface area contributed by atoms with Gasteiger partial charge in [0.15, 0.2) is 5.69 Å². The second-order valence-corrected chi connectivity index (χ2v) is 3.62. The number of nitrogens with two attached hydrogens (primary N) is 4. The molecule has 98 valence electrons. The average molecular weight is 273 g/mol. The molecule has 0 saturated heterocycles. The molecule has 0 bridgehead atoms. The van der Waals surface area contributed by atoms with Gasteiger partial charge in [0, 0.05) is 0 Å². The molecule has 0 saturated carbocycles. The number of thiol groups is 1. The molecule has 0 fully saturated rings. The van der Waals surface area contributed by atoms with Gasteiger partial charge in [-0.25, -0.2) is 31.3 Å². The van der Waals surface area contributed by atoms with Gasteiger partial charge in [-0.2, -0.15) is 0 Å². The molecule has 0 unspecified atom stereocenters. The molecular weight excluding hydrogens is 262 g/mol. The Morgan fingerprint density at radius 1 is 1.17 bits per heavy atom. The molecule has 1 aromatic rings. The number of nitrogens with zero attached hydrogens (tertiary/aromatic N) is 2. The van der Waals surface area contributed by atoms with Crippen molar-refractivity contribution in [2.24, 2.45) is 23.2 Å². The van der Waals surface area contributed by atoms with Crippen molar-refractivity contribution in [1.82, 2.24) is 4.98 Å². The molecule has 0 aliphatic rings. The van der Waals surface area contributed by atoms with Gasteiger partial charge in [-0.05, 0) is 6.07 Å². The molecule has 10 nitrogen and oxygen atoms in total. The summed E-state index contributed by atoms with van der Waals surface area (Å²) >= 11 is 3.89. The second kappa shape index (κ2) is 4.95. The lowest BCUT2D eigenvalue weighted by molar-refractivity contribution is 0.252. The van der Waals surface area contributed by atoms with E-state index in [1.165, 1.54) is 6.07 Å². The topological polar surface area (TPSA) is 178 Å². The number of primary amides is 2. The predicted molar refractivity (Wildman–Crippen MR) is 66.8 cm³/mol. The number of hydrogen-bond donors (Lipinski definition) is 6. The minimum Gasteiger partial charge on any atom is -0.350 e. The number of urea groups is 2. The fourth-order valence-corrected chi connectivity index (χ4v) is 1.39. The maximum Gasteiger partial charge on any atom is 0.333 e. The van der Waals surface area contributed by atoms with Gasteiger partial charge >= 0.3 is 12.1 Å². The standard InChI is InChI=1S/C7H11N7O3S/c8-6(16)13(10)2-1-3(18)12-5(15)4(2)14(11)7(9)17/h1H,10-11H2,(H2,8,16)(H2,9,17)(H2,12,15,18). The smallest absolute Gasteiger partial charge is 0.333 e. The number of pyridine rings is 1. The summed E-state index contributed by atoms with van der Waals surface area (Å²) in [5.74, 6) is 10.7. The van der Waals surface area contributed by atoms with E-state index in [1.807, 2.05) is 0 Å². The Morgan fingerprint density at radius 2 is 1.67 bits per heavy atom. The largest absolute Gasteiger partial charge is 0.350 e. The van der Waals surface area contributed by atoms with Gasteiger partial charge in [0.05, 0.1) is 10.7 Å². The SMILES string of the molecule is NC(=O)N(N)c1cc(S)[nH]c(=O)c1N(N)C(N)=O. The van der Waals surface area contributed by atoms with Gasteiger partial charge < -0.3 is 16.5 Å². The first kappa shape index (κ1) is 13.8. The summed E-state index contributed by atoms with van der Waals surface area (Å²) in [4.78, 5) is 35.9. The van der Waals surface area contributed by atoms with Crippen LogP contribution in [0.25, 0.3) is 0 Å². The summed E-state index contributed by atoms with van der Waals surface area (Å²) in [6, 6.07) is -0.994. The van der Waals surface area contributed by atoms with Crippen molar-refractivity contribution in [2.75, 3.05) is 10.0 Å². The van der Waals surface area contributed by atoms with E-state index in [2.05, 4.69) is 17.6 Å². The lowest BCUT2D eigenvalue weighted by Gasteiger charge is -2.21. The molecule has 0 aliphatic heterocycles.